The first-order valence-electron chi connectivity index (χ1n) is 6.24. The smallest absolute Gasteiger partial charge is 0.276 e. The zero-order chi connectivity index (χ0) is 13.9. The summed E-state index contributed by atoms with van der Waals surface area (Å²) in [5.41, 5.74) is 0.0473. The van der Waals surface area contributed by atoms with Crippen LogP contribution < -0.4 is 10.6 Å². The molecule has 0 aliphatic carbocycles. The topological polar surface area (TPSA) is 80.1 Å². The second-order valence-corrected chi connectivity index (χ2v) is 6.54. The summed E-state index contributed by atoms with van der Waals surface area (Å²) < 4.78 is 0.201. The van der Waals surface area contributed by atoms with Gasteiger partial charge in [0, 0.05) is 18.3 Å². The highest BCUT2D eigenvalue weighted by molar-refractivity contribution is 8.00. The summed E-state index contributed by atoms with van der Waals surface area (Å²) in [4.78, 5) is 14.8. The van der Waals surface area contributed by atoms with Gasteiger partial charge in [-0.15, -0.1) is 0 Å². The lowest BCUT2D eigenvalue weighted by atomic mass is 10.1. The van der Waals surface area contributed by atoms with E-state index < -0.39 is 4.92 Å². The van der Waals surface area contributed by atoms with Gasteiger partial charge in [0.25, 0.3) is 5.69 Å². The molecule has 1 unspecified atom stereocenters. The summed E-state index contributed by atoms with van der Waals surface area (Å²) in [7, 11) is 1.70. The first kappa shape index (κ1) is 13.9. The highest BCUT2D eigenvalue weighted by Crippen LogP contribution is 2.37. The van der Waals surface area contributed by atoms with Crippen molar-refractivity contribution in [1.82, 2.24) is 4.98 Å². The van der Waals surface area contributed by atoms with Crippen LogP contribution in [-0.4, -0.2) is 34.0 Å². The van der Waals surface area contributed by atoms with E-state index in [4.69, 9.17) is 0 Å². The number of nitro groups is 1. The fourth-order valence-corrected chi connectivity index (χ4v) is 3.34. The Labute approximate surface area is 116 Å². The molecule has 0 spiro atoms. The number of hydrogen-bond donors (Lipinski definition) is 2. The molecule has 1 saturated heterocycles. The molecule has 6 nitrogen and oxygen atoms in total. The van der Waals surface area contributed by atoms with Crippen LogP contribution in [0.15, 0.2) is 12.1 Å². The Bertz CT molecular complexity index is 475. The molecule has 0 radical (unpaired) electrons. The molecular formula is C12H18N4O2S. The molecule has 0 bridgehead atoms. The lowest BCUT2D eigenvalue weighted by Crippen LogP contribution is -2.27. The van der Waals surface area contributed by atoms with Gasteiger partial charge >= 0.3 is 0 Å². The Morgan fingerprint density at radius 1 is 1.53 bits per heavy atom. The van der Waals surface area contributed by atoms with Crippen LogP contribution in [0.25, 0.3) is 0 Å². The Kier molecular flexibility index (Phi) is 4.14. The average molecular weight is 282 g/mol. The number of hydrogen-bond acceptors (Lipinski definition) is 6. The molecule has 2 heterocycles. The van der Waals surface area contributed by atoms with Gasteiger partial charge in [0.1, 0.15) is 11.6 Å². The average Bonchev–Trinajstić information content (AvgIpc) is 2.83. The number of aromatic nitrogens is 1. The van der Waals surface area contributed by atoms with Gasteiger partial charge in [-0.2, -0.15) is 11.8 Å². The van der Waals surface area contributed by atoms with E-state index in [-0.39, 0.29) is 10.4 Å². The van der Waals surface area contributed by atoms with E-state index in [0.29, 0.717) is 11.6 Å². The van der Waals surface area contributed by atoms with Gasteiger partial charge in [-0.25, -0.2) is 4.98 Å². The summed E-state index contributed by atoms with van der Waals surface area (Å²) in [6.45, 7) is 2.99. The summed E-state index contributed by atoms with van der Waals surface area (Å²) in [6, 6.07) is 2.90. The zero-order valence-corrected chi connectivity index (χ0v) is 11.9. The molecule has 2 rings (SSSR count). The number of anilines is 2. The summed E-state index contributed by atoms with van der Waals surface area (Å²) in [5, 5.41) is 16.9. The number of thioether (sulfide) groups is 1. The highest BCUT2D eigenvalue weighted by Gasteiger charge is 2.29. The van der Waals surface area contributed by atoms with Crippen molar-refractivity contribution in [3.05, 3.63) is 22.2 Å². The Morgan fingerprint density at radius 2 is 2.26 bits per heavy atom. The van der Waals surface area contributed by atoms with Crippen LogP contribution in [0.3, 0.4) is 0 Å². The number of nitrogens with zero attached hydrogens (tertiary/aromatic N) is 2. The third-order valence-corrected chi connectivity index (χ3v) is 4.76. The largest absolute Gasteiger partial charge is 0.373 e. The van der Waals surface area contributed by atoms with Crippen molar-refractivity contribution in [3.63, 3.8) is 0 Å². The van der Waals surface area contributed by atoms with Crippen LogP contribution in [0.2, 0.25) is 0 Å². The van der Waals surface area contributed by atoms with Crippen molar-refractivity contribution in [2.24, 2.45) is 0 Å². The molecular weight excluding hydrogens is 264 g/mol. The van der Waals surface area contributed by atoms with E-state index >= 15 is 0 Å². The fourth-order valence-electron chi connectivity index (χ4n) is 2.09. The molecule has 0 aromatic carbocycles. The molecule has 0 saturated carbocycles. The second kappa shape index (κ2) is 5.64. The van der Waals surface area contributed by atoms with Gasteiger partial charge in [-0.3, -0.25) is 10.1 Å². The van der Waals surface area contributed by atoms with E-state index in [2.05, 4.69) is 22.5 Å². The molecule has 7 heteroatoms. The quantitative estimate of drug-likeness (QED) is 0.638. The zero-order valence-electron chi connectivity index (χ0n) is 11.1. The van der Waals surface area contributed by atoms with E-state index in [1.807, 2.05) is 11.8 Å². The van der Waals surface area contributed by atoms with Crippen molar-refractivity contribution in [1.29, 1.82) is 0 Å². The minimum absolute atomic E-state index is 0.0473. The van der Waals surface area contributed by atoms with Crippen LogP contribution in [0.1, 0.15) is 19.8 Å². The SMILES string of the molecule is CNc1cc([N+](=O)[O-])cc(NCC2(C)CCCS2)n1. The summed E-state index contributed by atoms with van der Waals surface area (Å²) in [6.07, 6.45) is 2.39. The standard InChI is InChI=1S/C12H18N4O2S/c1-12(4-3-5-19-12)8-14-11-7-9(16(17)18)6-10(13-2)15-11/h6-7H,3-5,8H2,1-2H3,(H2,13,14,15). The lowest BCUT2D eigenvalue weighted by molar-refractivity contribution is -0.384. The Balaban J connectivity index is 2.10. The fraction of sp³-hybridized carbons (Fsp3) is 0.583. The maximum absolute atomic E-state index is 10.9. The van der Waals surface area contributed by atoms with Crippen LogP contribution in [0.5, 0.6) is 0 Å². The van der Waals surface area contributed by atoms with E-state index in [1.165, 1.54) is 30.7 Å². The van der Waals surface area contributed by atoms with E-state index in [9.17, 15) is 10.1 Å². The minimum Gasteiger partial charge on any atom is -0.373 e. The van der Waals surface area contributed by atoms with Crippen molar-refractivity contribution in [3.8, 4) is 0 Å². The van der Waals surface area contributed by atoms with Gasteiger partial charge in [-0.05, 0) is 25.5 Å². The molecule has 1 aliphatic heterocycles. The van der Waals surface area contributed by atoms with Gasteiger partial charge in [-0.1, -0.05) is 0 Å². The first-order chi connectivity index (χ1) is 9.02. The van der Waals surface area contributed by atoms with Crippen molar-refractivity contribution >= 4 is 29.1 Å². The van der Waals surface area contributed by atoms with Crippen molar-refractivity contribution in [2.45, 2.75) is 24.5 Å². The molecule has 1 aliphatic rings. The molecule has 1 aromatic heterocycles. The third-order valence-electron chi connectivity index (χ3n) is 3.22. The summed E-state index contributed by atoms with van der Waals surface area (Å²) >= 11 is 1.94. The van der Waals surface area contributed by atoms with Crippen molar-refractivity contribution < 1.29 is 4.92 Å². The van der Waals surface area contributed by atoms with Crippen LogP contribution in [-0.2, 0) is 0 Å². The Morgan fingerprint density at radius 3 is 2.84 bits per heavy atom. The maximum atomic E-state index is 10.9. The molecule has 1 aromatic rings. The maximum Gasteiger partial charge on any atom is 0.276 e. The molecule has 1 fully saturated rings. The van der Waals surface area contributed by atoms with E-state index in [1.54, 1.807) is 7.05 Å². The Hall–Kier alpha value is -1.50. The molecule has 1 atom stereocenters. The van der Waals surface area contributed by atoms with Gasteiger partial charge in [0.2, 0.25) is 0 Å². The highest BCUT2D eigenvalue weighted by atomic mass is 32.2. The van der Waals surface area contributed by atoms with Crippen LogP contribution in [0.4, 0.5) is 17.3 Å². The first-order valence-corrected chi connectivity index (χ1v) is 7.23. The van der Waals surface area contributed by atoms with Gasteiger partial charge in [0.15, 0.2) is 0 Å². The molecule has 19 heavy (non-hydrogen) atoms. The van der Waals surface area contributed by atoms with Crippen molar-refractivity contribution in [2.75, 3.05) is 30.0 Å². The van der Waals surface area contributed by atoms with E-state index in [0.717, 1.165) is 6.54 Å². The second-order valence-electron chi connectivity index (χ2n) is 4.86. The number of nitrogens with one attached hydrogen (secondary N) is 2. The monoisotopic (exact) mass is 282 g/mol. The lowest BCUT2D eigenvalue weighted by Gasteiger charge is -2.23. The number of rotatable bonds is 5. The van der Waals surface area contributed by atoms with Crippen LogP contribution in [0, 0.1) is 10.1 Å². The summed E-state index contributed by atoms with van der Waals surface area (Å²) in [5.74, 6) is 2.23. The third kappa shape index (κ3) is 3.50. The predicted octanol–water partition coefficient (Wildman–Crippen LogP) is 2.73. The normalized spacial score (nSPS) is 22.2. The molecule has 0 amide bonds. The molecule has 2 N–H and O–H groups in total. The predicted molar refractivity (Wildman–Crippen MR) is 79.0 cm³/mol. The molecule has 104 valence electrons. The number of pyridine rings is 1. The minimum atomic E-state index is -0.403. The van der Waals surface area contributed by atoms with Gasteiger partial charge < -0.3 is 10.6 Å². The van der Waals surface area contributed by atoms with Crippen LogP contribution >= 0.6 is 11.8 Å². The van der Waals surface area contributed by atoms with Gasteiger partial charge in [0.05, 0.1) is 17.1 Å².